The van der Waals surface area contributed by atoms with Gasteiger partial charge in [0.05, 0.1) is 5.60 Å². The number of aliphatic hydroxyl groups is 1. The van der Waals surface area contributed by atoms with Crippen LogP contribution in [0, 0.1) is 31.6 Å². The van der Waals surface area contributed by atoms with E-state index < -0.39 is 5.60 Å². The van der Waals surface area contributed by atoms with Crippen molar-refractivity contribution in [3.05, 3.63) is 34.9 Å². The number of methoxy groups -OCH3 is 1. The fourth-order valence-electron chi connectivity index (χ4n) is 6.62. The Labute approximate surface area is 214 Å². The number of unbranched alkanes of at least 4 members (excludes halogenated alkanes) is 1. The minimum atomic E-state index is -0.920. The van der Waals surface area contributed by atoms with E-state index in [1.165, 1.54) is 31.2 Å². The fourth-order valence-corrected chi connectivity index (χ4v) is 6.62. The maximum Gasteiger partial charge on any atom is 0.222 e. The summed E-state index contributed by atoms with van der Waals surface area (Å²) in [5, 5.41) is 15.6. The quantitative estimate of drug-likeness (QED) is 0.369. The summed E-state index contributed by atoms with van der Waals surface area (Å²) in [5.74, 6) is 1.52. The van der Waals surface area contributed by atoms with Crippen LogP contribution in [0.3, 0.4) is 0 Å². The molecule has 0 spiro atoms. The van der Waals surface area contributed by atoms with Crippen LogP contribution in [-0.2, 0) is 15.1 Å². The van der Waals surface area contributed by atoms with E-state index in [0.29, 0.717) is 31.9 Å². The van der Waals surface area contributed by atoms with Crippen molar-refractivity contribution in [2.24, 2.45) is 17.8 Å². The lowest BCUT2D eigenvalue weighted by Crippen LogP contribution is -2.49. The maximum atomic E-state index is 13.5. The van der Waals surface area contributed by atoms with E-state index in [2.05, 4.69) is 42.3 Å². The summed E-state index contributed by atoms with van der Waals surface area (Å²) in [5.41, 5.74) is 2.44. The first kappa shape index (κ1) is 28.1. The molecule has 2 fully saturated rings. The van der Waals surface area contributed by atoms with Crippen LogP contribution in [-0.4, -0.2) is 56.3 Å². The van der Waals surface area contributed by atoms with Gasteiger partial charge in [-0.2, -0.15) is 0 Å². The normalized spacial score (nSPS) is 21.7. The third kappa shape index (κ3) is 7.77. The number of rotatable bonds is 13. The number of benzene rings is 1. The number of aryl methyl sites for hydroxylation is 2. The number of nitrogens with one attached hydrogen (secondary N) is 1. The molecule has 5 nitrogen and oxygen atoms in total. The van der Waals surface area contributed by atoms with E-state index in [9.17, 15) is 9.90 Å². The summed E-state index contributed by atoms with van der Waals surface area (Å²) < 4.78 is 5.26. The minimum Gasteiger partial charge on any atom is -0.385 e. The Kier molecular flexibility index (Phi) is 11.1. The van der Waals surface area contributed by atoms with Crippen molar-refractivity contribution < 1.29 is 14.6 Å². The zero-order chi connectivity index (χ0) is 25.3. The second-order valence-corrected chi connectivity index (χ2v) is 11.4. The highest BCUT2D eigenvalue weighted by molar-refractivity contribution is 5.76. The van der Waals surface area contributed by atoms with Crippen molar-refractivity contribution in [1.82, 2.24) is 10.2 Å². The molecule has 1 saturated heterocycles. The van der Waals surface area contributed by atoms with Crippen LogP contribution in [0.5, 0.6) is 0 Å². The molecule has 2 N–H and O–H groups in total. The molecule has 2 aliphatic rings. The molecule has 198 valence electrons. The number of ether oxygens (including phenoxy) is 1. The molecule has 0 aromatic heterocycles. The molecular formula is C30H50N2O3. The Morgan fingerprint density at radius 3 is 2.69 bits per heavy atom. The van der Waals surface area contributed by atoms with Gasteiger partial charge in [0.2, 0.25) is 5.91 Å². The number of hydrogen-bond donors (Lipinski definition) is 2. The first-order valence-electron chi connectivity index (χ1n) is 14.1. The molecule has 0 bridgehead atoms. The van der Waals surface area contributed by atoms with E-state index in [-0.39, 0.29) is 11.8 Å². The van der Waals surface area contributed by atoms with Crippen molar-refractivity contribution in [3.8, 4) is 0 Å². The minimum absolute atomic E-state index is 0.0563. The number of carbonyl (C=O) groups is 1. The lowest BCUT2D eigenvalue weighted by Gasteiger charge is -2.44. The van der Waals surface area contributed by atoms with Crippen LogP contribution < -0.4 is 5.32 Å². The van der Waals surface area contributed by atoms with E-state index in [0.717, 1.165) is 62.2 Å². The SMILES string of the molecule is CNC[C@@H](CC(=O)N1CCC[C@@H]([C@@](O)(CCCCOC)c2cc(C)ccc2C)C1)CC1CCCC1. The van der Waals surface area contributed by atoms with Gasteiger partial charge in [-0.15, -0.1) is 0 Å². The molecule has 1 aromatic carbocycles. The van der Waals surface area contributed by atoms with Crippen LogP contribution in [0.25, 0.3) is 0 Å². The summed E-state index contributed by atoms with van der Waals surface area (Å²) in [4.78, 5) is 15.6. The van der Waals surface area contributed by atoms with Gasteiger partial charge in [0.1, 0.15) is 0 Å². The van der Waals surface area contributed by atoms with Gasteiger partial charge < -0.3 is 20.1 Å². The largest absolute Gasteiger partial charge is 0.385 e. The zero-order valence-electron chi connectivity index (χ0n) is 22.8. The third-order valence-corrected chi connectivity index (χ3v) is 8.56. The van der Waals surface area contributed by atoms with Crippen molar-refractivity contribution >= 4 is 5.91 Å². The molecule has 3 atom stereocenters. The molecule has 1 aliphatic carbocycles. The number of nitrogens with zero attached hydrogens (tertiary/aromatic N) is 1. The third-order valence-electron chi connectivity index (χ3n) is 8.56. The highest BCUT2D eigenvalue weighted by Gasteiger charge is 2.42. The smallest absolute Gasteiger partial charge is 0.222 e. The Morgan fingerprint density at radius 1 is 1.20 bits per heavy atom. The fraction of sp³-hybridized carbons (Fsp3) is 0.767. The number of piperidine rings is 1. The van der Waals surface area contributed by atoms with Crippen LogP contribution in [0.15, 0.2) is 18.2 Å². The van der Waals surface area contributed by atoms with Gasteiger partial charge in [-0.25, -0.2) is 0 Å². The molecule has 1 saturated carbocycles. The molecule has 5 heteroatoms. The van der Waals surface area contributed by atoms with Gasteiger partial charge in [0, 0.05) is 39.1 Å². The summed E-state index contributed by atoms with van der Waals surface area (Å²) in [6.45, 7) is 7.29. The molecule has 35 heavy (non-hydrogen) atoms. The molecule has 3 rings (SSSR count). The summed E-state index contributed by atoms with van der Waals surface area (Å²) in [6, 6.07) is 6.41. The molecule has 0 unspecified atom stereocenters. The van der Waals surface area contributed by atoms with Crippen LogP contribution in [0.4, 0.5) is 0 Å². The first-order chi connectivity index (χ1) is 16.9. The molecule has 0 radical (unpaired) electrons. The standard InChI is InChI=1S/C30H50N2O3/c1-23-13-14-24(2)28(18-23)30(34,15-7-8-17-35-4)27-12-9-16-32(22-27)29(33)20-26(21-31-3)19-25-10-5-6-11-25/h13-14,18,25-27,31,34H,5-12,15-17,19-22H2,1-4H3/t26-,27-,30+/m1/s1. The van der Waals surface area contributed by atoms with Gasteiger partial charge in [-0.3, -0.25) is 4.79 Å². The summed E-state index contributed by atoms with van der Waals surface area (Å²) >= 11 is 0. The van der Waals surface area contributed by atoms with Gasteiger partial charge in [-0.05, 0) is 88.9 Å². The molecule has 1 heterocycles. The second-order valence-electron chi connectivity index (χ2n) is 11.4. The number of hydrogen-bond acceptors (Lipinski definition) is 4. The van der Waals surface area contributed by atoms with Crippen molar-refractivity contribution in [2.75, 3.05) is 40.4 Å². The summed E-state index contributed by atoms with van der Waals surface area (Å²) in [6.07, 6.45) is 11.6. The highest BCUT2D eigenvalue weighted by Crippen LogP contribution is 2.41. The average Bonchev–Trinajstić information content (AvgIpc) is 3.36. The molecule has 1 aliphatic heterocycles. The average molecular weight is 487 g/mol. The summed E-state index contributed by atoms with van der Waals surface area (Å²) in [7, 11) is 3.73. The van der Waals surface area contributed by atoms with Crippen molar-refractivity contribution in [1.29, 1.82) is 0 Å². The van der Waals surface area contributed by atoms with E-state index in [4.69, 9.17) is 4.74 Å². The monoisotopic (exact) mass is 486 g/mol. The first-order valence-corrected chi connectivity index (χ1v) is 14.1. The highest BCUT2D eigenvalue weighted by atomic mass is 16.5. The van der Waals surface area contributed by atoms with Crippen LogP contribution in [0.2, 0.25) is 0 Å². The number of carbonyl (C=O) groups excluding carboxylic acids is 1. The number of likely N-dealkylation sites (tertiary alicyclic amines) is 1. The molecular weight excluding hydrogens is 436 g/mol. The van der Waals surface area contributed by atoms with Gasteiger partial charge in [0.25, 0.3) is 0 Å². The Bertz CT molecular complexity index is 792. The molecule has 1 aromatic rings. The van der Waals surface area contributed by atoms with Gasteiger partial charge >= 0.3 is 0 Å². The lowest BCUT2D eigenvalue weighted by molar-refractivity contribution is -0.138. The maximum absolute atomic E-state index is 13.5. The van der Waals surface area contributed by atoms with E-state index >= 15 is 0 Å². The van der Waals surface area contributed by atoms with Crippen LogP contribution >= 0.6 is 0 Å². The van der Waals surface area contributed by atoms with Crippen molar-refractivity contribution in [3.63, 3.8) is 0 Å². The van der Waals surface area contributed by atoms with Crippen molar-refractivity contribution in [2.45, 2.75) is 90.1 Å². The topological polar surface area (TPSA) is 61.8 Å². The second kappa shape index (κ2) is 13.8. The predicted octanol–water partition coefficient (Wildman–Crippen LogP) is 5.35. The van der Waals surface area contributed by atoms with E-state index in [1.807, 2.05) is 7.05 Å². The zero-order valence-corrected chi connectivity index (χ0v) is 22.8. The molecule has 1 amide bonds. The Balaban J connectivity index is 1.73. The lowest BCUT2D eigenvalue weighted by atomic mass is 9.72. The Morgan fingerprint density at radius 2 is 1.97 bits per heavy atom. The van der Waals surface area contributed by atoms with E-state index in [1.54, 1.807) is 7.11 Å². The number of amides is 1. The Hall–Kier alpha value is -1.43. The predicted molar refractivity (Wildman–Crippen MR) is 143 cm³/mol. The van der Waals surface area contributed by atoms with Gasteiger partial charge in [-0.1, -0.05) is 49.4 Å². The van der Waals surface area contributed by atoms with Gasteiger partial charge in [0.15, 0.2) is 0 Å². The van der Waals surface area contributed by atoms with Crippen LogP contribution in [0.1, 0.15) is 87.3 Å².